The molecule has 1 aliphatic carbocycles. The molecule has 174 valence electrons. The summed E-state index contributed by atoms with van der Waals surface area (Å²) in [6.07, 6.45) is 8.65. The van der Waals surface area contributed by atoms with Gasteiger partial charge in [0.2, 0.25) is 0 Å². The molecule has 1 atom stereocenters. The van der Waals surface area contributed by atoms with E-state index >= 15 is 0 Å². The first kappa shape index (κ1) is 22.0. The van der Waals surface area contributed by atoms with E-state index in [0.29, 0.717) is 5.02 Å². The zero-order valence-electron chi connectivity index (χ0n) is 19.2. The quantitative estimate of drug-likeness (QED) is 0.328. The van der Waals surface area contributed by atoms with E-state index in [1.54, 1.807) is 6.33 Å². The van der Waals surface area contributed by atoms with Crippen molar-refractivity contribution in [2.75, 3.05) is 13.1 Å². The molecule has 2 aromatic carbocycles. The molecule has 2 aliphatic rings. The number of likely N-dealkylation sites (tertiary alicyclic amines) is 1. The minimum absolute atomic E-state index is 0.0744. The SMILES string of the molecule is O=c1c2sc(-c3ccc(Cl)cc3)cc2ncn1[C@H]1CCc2cc(CN3CCCCC3)ccc2C1. The van der Waals surface area contributed by atoms with Crippen LogP contribution < -0.4 is 5.56 Å². The molecule has 0 spiro atoms. The maximum Gasteiger partial charge on any atom is 0.271 e. The molecule has 1 saturated heterocycles. The lowest BCUT2D eigenvalue weighted by molar-refractivity contribution is 0.221. The Bertz CT molecular complexity index is 1390. The van der Waals surface area contributed by atoms with Crippen LogP contribution in [0.25, 0.3) is 20.7 Å². The van der Waals surface area contributed by atoms with E-state index in [9.17, 15) is 4.79 Å². The molecule has 1 fully saturated rings. The molecule has 1 aliphatic heterocycles. The van der Waals surface area contributed by atoms with Gasteiger partial charge < -0.3 is 0 Å². The van der Waals surface area contributed by atoms with E-state index in [0.717, 1.165) is 46.5 Å². The van der Waals surface area contributed by atoms with Crippen LogP contribution in [0.3, 0.4) is 0 Å². The molecule has 6 heteroatoms. The second kappa shape index (κ2) is 9.29. The minimum Gasteiger partial charge on any atom is -0.299 e. The average Bonchev–Trinajstić information content (AvgIpc) is 3.30. The Morgan fingerprint density at radius 2 is 1.82 bits per heavy atom. The average molecular weight is 490 g/mol. The van der Waals surface area contributed by atoms with Gasteiger partial charge in [-0.15, -0.1) is 11.3 Å². The first-order chi connectivity index (χ1) is 16.6. The van der Waals surface area contributed by atoms with Crippen molar-refractivity contribution in [1.29, 1.82) is 0 Å². The molecule has 4 nitrogen and oxygen atoms in total. The number of hydrogen-bond acceptors (Lipinski definition) is 4. The Labute approximate surface area is 208 Å². The second-order valence-electron chi connectivity index (χ2n) is 9.63. The van der Waals surface area contributed by atoms with E-state index in [-0.39, 0.29) is 11.6 Å². The van der Waals surface area contributed by atoms with Gasteiger partial charge in [0.25, 0.3) is 5.56 Å². The van der Waals surface area contributed by atoms with Crippen molar-refractivity contribution in [1.82, 2.24) is 14.5 Å². The molecule has 4 aromatic rings. The van der Waals surface area contributed by atoms with E-state index in [1.807, 2.05) is 34.9 Å². The number of halogens is 1. The maximum absolute atomic E-state index is 13.4. The predicted octanol–water partition coefficient (Wildman–Crippen LogP) is 6.49. The molecule has 6 rings (SSSR count). The van der Waals surface area contributed by atoms with Crippen LogP contribution in [0.4, 0.5) is 0 Å². The molecule has 3 heterocycles. The zero-order chi connectivity index (χ0) is 23.1. The van der Waals surface area contributed by atoms with Crippen molar-refractivity contribution >= 4 is 33.2 Å². The molecule has 34 heavy (non-hydrogen) atoms. The highest BCUT2D eigenvalue weighted by molar-refractivity contribution is 7.22. The normalized spacial score (nSPS) is 18.8. The number of hydrogen-bond donors (Lipinski definition) is 0. The summed E-state index contributed by atoms with van der Waals surface area (Å²) < 4.78 is 2.60. The van der Waals surface area contributed by atoms with Crippen molar-refractivity contribution in [2.45, 2.75) is 51.1 Å². The predicted molar refractivity (Wildman–Crippen MR) is 141 cm³/mol. The number of thiophene rings is 1. The Morgan fingerprint density at radius 3 is 2.65 bits per heavy atom. The number of rotatable bonds is 4. The smallest absolute Gasteiger partial charge is 0.271 e. The van der Waals surface area contributed by atoms with Gasteiger partial charge in [0, 0.05) is 22.5 Å². The summed E-state index contributed by atoms with van der Waals surface area (Å²) in [5, 5.41) is 0.710. The van der Waals surface area contributed by atoms with Gasteiger partial charge in [0.05, 0.1) is 11.8 Å². The third kappa shape index (κ3) is 4.33. The van der Waals surface area contributed by atoms with E-state index in [1.165, 1.54) is 60.4 Å². The molecule has 0 unspecified atom stereocenters. The van der Waals surface area contributed by atoms with Crippen LogP contribution in [0.5, 0.6) is 0 Å². The van der Waals surface area contributed by atoms with Gasteiger partial charge in [-0.2, -0.15) is 0 Å². The minimum atomic E-state index is 0.0744. The molecule has 0 N–H and O–H groups in total. The van der Waals surface area contributed by atoms with Crippen LogP contribution >= 0.6 is 22.9 Å². The van der Waals surface area contributed by atoms with Crippen molar-refractivity contribution in [3.63, 3.8) is 0 Å². The second-order valence-corrected chi connectivity index (χ2v) is 11.1. The van der Waals surface area contributed by atoms with Crippen LogP contribution in [0.2, 0.25) is 5.02 Å². The van der Waals surface area contributed by atoms with Crippen molar-refractivity contribution < 1.29 is 0 Å². The van der Waals surface area contributed by atoms with Gasteiger partial charge in [-0.3, -0.25) is 14.3 Å². The molecule has 0 bridgehead atoms. The highest BCUT2D eigenvalue weighted by Gasteiger charge is 2.23. The molecular formula is C28H28ClN3OS. The fraction of sp³-hybridized carbons (Fsp3) is 0.357. The van der Waals surface area contributed by atoms with Crippen LogP contribution in [-0.4, -0.2) is 27.5 Å². The highest BCUT2D eigenvalue weighted by atomic mass is 35.5. The zero-order valence-corrected chi connectivity index (χ0v) is 20.7. The number of benzene rings is 2. The van der Waals surface area contributed by atoms with Gasteiger partial charge in [-0.1, -0.05) is 48.4 Å². The summed E-state index contributed by atoms with van der Waals surface area (Å²) >= 11 is 7.56. The van der Waals surface area contributed by atoms with Gasteiger partial charge in [-0.25, -0.2) is 4.98 Å². The Morgan fingerprint density at radius 1 is 1.00 bits per heavy atom. The van der Waals surface area contributed by atoms with Gasteiger partial charge in [0.15, 0.2) is 0 Å². The number of piperidine rings is 1. The summed E-state index contributed by atoms with van der Waals surface area (Å²) in [6, 6.07) is 16.9. The van der Waals surface area contributed by atoms with Gasteiger partial charge >= 0.3 is 0 Å². The topological polar surface area (TPSA) is 38.1 Å². The molecular weight excluding hydrogens is 462 g/mol. The number of fused-ring (bicyclic) bond motifs is 2. The summed E-state index contributed by atoms with van der Waals surface area (Å²) in [6.45, 7) is 3.51. The summed E-state index contributed by atoms with van der Waals surface area (Å²) in [4.78, 5) is 21.7. The Balaban J connectivity index is 1.24. The fourth-order valence-corrected chi connectivity index (χ4v) is 6.62. The summed E-state index contributed by atoms with van der Waals surface area (Å²) in [7, 11) is 0. The van der Waals surface area contributed by atoms with Gasteiger partial charge in [-0.05, 0) is 85.6 Å². The Hall–Kier alpha value is -2.47. The molecule has 0 amide bonds. The highest BCUT2D eigenvalue weighted by Crippen LogP contribution is 2.33. The van der Waals surface area contributed by atoms with Crippen LogP contribution in [0.1, 0.15) is 48.4 Å². The summed E-state index contributed by atoms with van der Waals surface area (Å²) in [5.41, 5.74) is 6.16. The van der Waals surface area contributed by atoms with Crippen molar-refractivity contribution in [3.8, 4) is 10.4 Å². The first-order valence-corrected chi connectivity index (χ1v) is 13.4. The maximum atomic E-state index is 13.4. The summed E-state index contributed by atoms with van der Waals surface area (Å²) in [5.74, 6) is 0. The number of aromatic nitrogens is 2. The van der Waals surface area contributed by atoms with Crippen LogP contribution in [0.15, 0.2) is 59.7 Å². The standard InChI is InChI=1S/C28H28ClN3OS/c29-23-9-6-20(7-10-23)26-16-25-27(34-26)28(33)32(18-30-25)24-11-8-21-14-19(4-5-22(21)15-24)17-31-12-2-1-3-13-31/h4-7,9-10,14,16,18,24H,1-3,8,11-13,15,17H2/t24-/m0/s1. The number of nitrogens with zero attached hydrogens (tertiary/aromatic N) is 3. The first-order valence-electron chi connectivity index (χ1n) is 12.2. The largest absolute Gasteiger partial charge is 0.299 e. The van der Waals surface area contributed by atoms with Crippen LogP contribution in [0, 0.1) is 0 Å². The molecule has 0 radical (unpaired) electrons. The molecule has 0 saturated carbocycles. The Kier molecular flexibility index (Phi) is 6.02. The fourth-order valence-electron chi connectivity index (χ4n) is 5.44. The van der Waals surface area contributed by atoms with E-state index < -0.39 is 0 Å². The monoisotopic (exact) mass is 489 g/mol. The van der Waals surface area contributed by atoms with Crippen molar-refractivity contribution in [2.24, 2.45) is 0 Å². The third-order valence-corrected chi connectivity index (χ3v) is 8.73. The van der Waals surface area contributed by atoms with E-state index in [2.05, 4.69) is 28.1 Å². The van der Waals surface area contributed by atoms with Gasteiger partial charge in [0.1, 0.15) is 4.70 Å². The third-order valence-electron chi connectivity index (χ3n) is 7.31. The van der Waals surface area contributed by atoms with Crippen molar-refractivity contribution in [3.05, 3.63) is 86.9 Å². The lowest BCUT2D eigenvalue weighted by Gasteiger charge is -2.29. The lowest BCUT2D eigenvalue weighted by atomic mass is 9.87. The van der Waals surface area contributed by atoms with Crippen LogP contribution in [-0.2, 0) is 19.4 Å². The van der Waals surface area contributed by atoms with E-state index in [4.69, 9.17) is 11.6 Å². The molecule has 2 aromatic heterocycles. The number of aryl methyl sites for hydroxylation is 1. The lowest BCUT2D eigenvalue weighted by Crippen LogP contribution is -2.30.